The van der Waals surface area contributed by atoms with Gasteiger partial charge in [0.25, 0.3) is 0 Å². The van der Waals surface area contributed by atoms with E-state index in [1.807, 2.05) is 0 Å². The third-order valence-electron chi connectivity index (χ3n) is 2.90. The molecule has 0 bridgehead atoms. The van der Waals surface area contributed by atoms with Crippen LogP contribution in [0, 0.1) is 0 Å². The topological polar surface area (TPSA) is 66.8 Å². The van der Waals surface area contributed by atoms with Crippen molar-refractivity contribution in [3.05, 3.63) is 29.8 Å². The van der Waals surface area contributed by atoms with Gasteiger partial charge in [-0.1, -0.05) is 38.7 Å². The minimum atomic E-state index is -0.395. The second-order valence-corrected chi connectivity index (χ2v) is 4.66. The highest BCUT2D eigenvalue weighted by Crippen LogP contribution is 2.25. The van der Waals surface area contributed by atoms with Crippen molar-refractivity contribution in [2.24, 2.45) is 0 Å². The SMILES string of the molecule is CCCCCCCOC(=O)/C=C/c1ccc(O)c(O)c1. The van der Waals surface area contributed by atoms with Crippen LogP contribution >= 0.6 is 0 Å². The van der Waals surface area contributed by atoms with Crippen molar-refractivity contribution in [1.29, 1.82) is 0 Å². The van der Waals surface area contributed by atoms with Crippen molar-refractivity contribution in [3.8, 4) is 11.5 Å². The van der Waals surface area contributed by atoms with Gasteiger partial charge in [-0.15, -0.1) is 0 Å². The molecule has 0 saturated carbocycles. The third-order valence-corrected chi connectivity index (χ3v) is 2.90. The normalized spacial score (nSPS) is 10.8. The van der Waals surface area contributed by atoms with Gasteiger partial charge in [-0.25, -0.2) is 4.79 Å². The van der Waals surface area contributed by atoms with Crippen molar-refractivity contribution in [1.82, 2.24) is 0 Å². The number of phenols is 2. The van der Waals surface area contributed by atoms with Gasteiger partial charge in [0.2, 0.25) is 0 Å². The monoisotopic (exact) mass is 278 g/mol. The van der Waals surface area contributed by atoms with Crippen LogP contribution in [-0.4, -0.2) is 22.8 Å². The number of ether oxygens (including phenoxy) is 1. The molecular formula is C16H22O4. The lowest BCUT2D eigenvalue weighted by Gasteiger charge is -2.02. The smallest absolute Gasteiger partial charge is 0.330 e. The van der Waals surface area contributed by atoms with Gasteiger partial charge >= 0.3 is 5.97 Å². The molecule has 1 aromatic carbocycles. The summed E-state index contributed by atoms with van der Waals surface area (Å²) >= 11 is 0. The molecule has 0 saturated heterocycles. The fraction of sp³-hybridized carbons (Fsp3) is 0.438. The van der Waals surface area contributed by atoms with Crippen molar-refractivity contribution in [3.63, 3.8) is 0 Å². The van der Waals surface area contributed by atoms with E-state index in [0.29, 0.717) is 12.2 Å². The Morgan fingerprint density at radius 3 is 2.60 bits per heavy atom. The number of benzene rings is 1. The number of unbranched alkanes of at least 4 members (excludes halogenated alkanes) is 4. The Bertz CT molecular complexity index is 452. The molecule has 2 N–H and O–H groups in total. The quantitative estimate of drug-likeness (QED) is 0.330. The highest BCUT2D eigenvalue weighted by molar-refractivity contribution is 5.87. The molecule has 0 radical (unpaired) electrons. The summed E-state index contributed by atoms with van der Waals surface area (Å²) in [4.78, 5) is 11.4. The first-order valence-corrected chi connectivity index (χ1v) is 7.00. The van der Waals surface area contributed by atoms with Crippen LogP contribution in [0.3, 0.4) is 0 Å². The van der Waals surface area contributed by atoms with E-state index in [0.717, 1.165) is 12.8 Å². The number of hydrogen-bond donors (Lipinski definition) is 2. The Morgan fingerprint density at radius 1 is 1.15 bits per heavy atom. The Kier molecular flexibility index (Phi) is 7.25. The fourth-order valence-electron chi connectivity index (χ4n) is 1.73. The van der Waals surface area contributed by atoms with Crippen molar-refractivity contribution in [2.75, 3.05) is 6.61 Å². The van der Waals surface area contributed by atoms with E-state index in [2.05, 4.69) is 6.92 Å². The number of carbonyl (C=O) groups is 1. The van der Waals surface area contributed by atoms with Gasteiger partial charge in [-0.2, -0.15) is 0 Å². The Hall–Kier alpha value is -1.97. The highest BCUT2D eigenvalue weighted by atomic mass is 16.5. The maximum absolute atomic E-state index is 11.4. The molecular weight excluding hydrogens is 256 g/mol. The van der Waals surface area contributed by atoms with E-state index < -0.39 is 5.97 Å². The average Bonchev–Trinajstić information content (AvgIpc) is 2.44. The second kappa shape index (κ2) is 9.02. The zero-order chi connectivity index (χ0) is 14.8. The van der Waals surface area contributed by atoms with E-state index in [1.165, 1.54) is 37.5 Å². The van der Waals surface area contributed by atoms with Crippen LogP contribution < -0.4 is 0 Å². The summed E-state index contributed by atoms with van der Waals surface area (Å²) in [5.41, 5.74) is 0.625. The van der Waals surface area contributed by atoms with E-state index in [-0.39, 0.29) is 11.5 Å². The lowest BCUT2D eigenvalue weighted by atomic mass is 10.2. The molecule has 0 spiro atoms. The predicted octanol–water partition coefficient (Wildman–Crippen LogP) is 3.62. The average molecular weight is 278 g/mol. The van der Waals surface area contributed by atoms with Gasteiger partial charge in [0.1, 0.15) is 0 Å². The minimum absolute atomic E-state index is 0.184. The molecule has 0 aliphatic rings. The Balaban J connectivity index is 2.27. The number of hydrogen-bond acceptors (Lipinski definition) is 4. The van der Waals surface area contributed by atoms with Gasteiger partial charge < -0.3 is 14.9 Å². The van der Waals surface area contributed by atoms with Crippen LogP contribution in [0.15, 0.2) is 24.3 Å². The summed E-state index contributed by atoms with van der Waals surface area (Å²) < 4.78 is 5.06. The molecule has 4 heteroatoms. The summed E-state index contributed by atoms with van der Waals surface area (Å²) in [6.07, 6.45) is 8.42. The number of aromatic hydroxyl groups is 2. The lowest BCUT2D eigenvalue weighted by Crippen LogP contribution is -2.02. The third kappa shape index (κ3) is 6.27. The predicted molar refractivity (Wildman–Crippen MR) is 78.5 cm³/mol. The molecule has 0 aliphatic heterocycles. The van der Waals surface area contributed by atoms with Gasteiger partial charge in [0, 0.05) is 6.08 Å². The van der Waals surface area contributed by atoms with Crippen LogP contribution in [-0.2, 0) is 9.53 Å². The summed E-state index contributed by atoms with van der Waals surface area (Å²) in [5.74, 6) is -0.790. The Labute approximate surface area is 119 Å². The van der Waals surface area contributed by atoms with Crippen LogP contribution in [0.4, 0.5) is 0 Å². The molecule has 0 amide bonds. The lowest BCUT2D eigenvalue weighted by molar-refractivity contribution is -0.137. The molecule has 0 fully saturated rings. The van der Waals surface area contributed by atoms with Gasteiger partial charge in [-0.05, 0) is 30.2 Å². The van der Waals surface area contributed by atoms with E-state index >= 15 is 0 Å². The van der Waals surface area contributed by atoms with E-state index in [9.17, 15) is 9.90 Å². The van der Waals surface area contributed by atoms with Crippen molar-refractivity contribution < 1.29 is 19.7 Å². The van der Waals surface area contributed by atoms with Gasteiger partial charge in [0.15, 0.2) is 11.5 Å². The highest BCUT2D eigenvalue weighted by Gasteiger charge is 2.00. The largest absolute Gasteiger partial charge is 0.504 e. The van der Waals surface area contributed by atoms with Gasteiger partial charge in [-0.3, -0.25) is 0 Å². The maximum Gasteiger partial charge on any atom is 0.330 e. The summed E-state index contributed by atoms with van der Waals surface area (Å²) in [6.45, 7) is 2.60. The number of carbonyl (C=O) groups excluding carboxylic acids is 1. The summed E-state index contributed by atoms with van der Waals surface area (Å²) in [7, 11) is 0. The van der Waals surface area contributed by atoms with Crippen LogP contribution in [0.5, 0.6) is 11.5 Å². The molecule has 0 heterocycles. The summed E-state index contributed by atoms with van der Waals surface area (Å²) in [6, 6.07) is 4.35. The molecule has 20 heavy (non-hydrogen) atoms. The van der Waals surface area contributed by atoms with E-state index in [1.54, 1.807) is 12.1 Å². The summed E-state index contributed by atoms with van der Waals surface area (Å²) in [5, 5.41) is 18.5. The molecule has 0 aliphatic carbocycles. The molecule has 0 aromatic heterocycles. The minimum Gasteiger partial charge on any atom is -0.504 e. The number of phenolic OH excluding ortho intramolecular Hbond substituents is 2. The molecule has 1 rings (SSSR count). The first-order chi connectivity index (χ1) is 9.63. The molecule has 0 unspecified atom stereocenters. The molecule has 0 atom stereocenters. The number of esters is 1. The molecule has 1 aromatic rings. The van der Waals surface area contributed by atoms with Crippen LogP contribution in [0.2, 0.25) is 0 Å². The van der Waals surface area contributed by atoms with Crippen molar-refractivity contribution in [2.45, 2.75) is 39.0 Å². The first kappa shape index (κ1) is 16.1. The zero-order valence-corrected chi connectivity index (χ0v) is 11.8. The van der Waals surface area contributed by atoms with Gasteiger partial charge in [0.05, 0.1) is 6.61 Å². The van der Waals surface area contributed by atoms with Crippen LogP contribution in [0.25, 0.3) is 6.08 Å². The first-order valence-electron chi connectivity index (χ1n) is 7.00. The van der Waals surface area contributed by atoms with Crippen molar-refractivity contribution >= 4 is 12.0 Å². The van der Waals surface area contributed by atoms with Crippen LogP contribution in [0.1, 0.15) is 44.6 Å². The maximum atomic E-state index is 11.4. The fourth-order valence-corrected chi connectivity index (χ4v) is 1.73. The number of rotatable bonds is 8. The second-order valence-electron chi connectivity index (χ2n) is 4.66. The zero-order valence-electron chi connectivity index (χ0n) is 11.8. The van der Waals surface area contributed by atoms with E-state index in [4.69, 9.17) is 9.84 Å². The standard InChI is InChI=1S/C16H22O4/c1-2-3-4-5-6-11-20-16(19)10-8-13-7-9-14(17)15(18)12-13/h7-10,12,17-18H,2-6,11H2,1H3/b10-8+. The molecule has 110 valence electrons. The Morgan fingerprint density at radius 2 is 1.90 bits per heavy atom. The molecule has 4 nitrogen and oxygen atoms in total.